The van der Waals surface area contributed by atoms with Crippen LogP contribution in [0, 0.1) is 11.8 Å². The van der Waals surface area contributed by atoms with Gasteiger partial charge >= 0.3 is 0 Å². The molecule has 2 rings (SSSR count). The minimum atomic E-state index is -0.308. The van der Waals surface area contributed by atoms with Gasteiger partial charge in [0.25, 0.3) is 0 Å². The van der Waals surface area contributed by atoms with Crippen molar-refractivity contribution in [3.63, 3.8) is 0 Å². The van der Waals surface area contributed by atoms with Gasteiger partial charge in [0.05, 0.1) is 6.10 Å². The molecule has 1 aliphatic rings. The minimum absolute atomic E-state index is 0.296. The van der Waals surface area contributed by atoms with Crippen molar-refractivity contribution >= 4 is 0 Å². The zero-order valence-corrected chi connectivity index (χ0v) is 15.9. The van der Waals surface area contributed by atoms with Crippen LogP contribution in [0.1, 0.15) is 65.4 Å². The lowest BCUT2D eigenvalue weighted by atomic mass is 9.87. The number of aliphatic hydroxyl groups is 1. The maximum Gasteiger partial charge on any atom is 0.0857 e. The standard InChI is InChI=1S/C23H34O/c1-5-6-8-15-20-18(4)22(17(2)3)23(24)21(20)16-11-14-19-12-9-7-10-13-19/h7,9-10,12-13,16-17,22-24H,5-6,8,11,14-15H2,1-4H3/b21-16+/t22-,23-/m1/s1. The van der Waals surface area contributed by atoms with Crippen LogP contribution in [-0.4, -0.2) is 11.2 Å². The van der Waals surface area contributed by atoms with Crippen molar-refractivity contribution in [3.8, 4) is 0 Å². The molecule has 1 aliphatic carbocycles. The number of unbranched alkanes of at least 4 members (excludes halogenated alkanes) is 2. The van der Waals surface area contributed by atoms with Gasteiger partial charge in [0.1, 0.15) is 0 Å². The highest BCUT2D eigenvalue weighted by molar-refractivity contribution is 5.46. The Bertz CT molecular complexity index is 565. The Morgan fingerprint density at radius 3 is 2.42 bits per heavy atom. The molecule has 0 saturated carbocycles. The number of aliphatic hydroxyl groups excluding tert-OH is 1. The fourth-order valence-corrected chi connectivity index (χ4v) is 4.08. The lowest BCUT2D eigenvalue weighted by Gasteiger charge is -2.21. The molecule has 0 amide bonds. The van der Waals surface area contributed by atoms with Crippen LogP contribution in [0.15, 0.2) is 53.1 Å². The predicted molar refractivity (Wildman–Crippen MR) is 104 cm³/mol. The van der Waals surface area contributed by atoms with E-state index in [1.165, 1.54) is 41.5 Å². The number of hydrogen-bond donors (Lipinski definition) is 1. The molecule has 0 radical (unpaired) electrons. The molecule has 0 bridgehead atoms. The van der Waals surface area contributed by atoms with Crippen LogP contribution in [0.25, 0.3) is 0 Å². The zero-order valence-electron chi connectivity index (χ0n) is 15.9. The first-order valence-corrected chi connectivity index (χ1v) is 9.68. The van der Waals surface area contributed by atoms with Gasteiger partial charge in [-0.05, 0) is 55.2 Å². The number of rotatable bonds is 8. The van der Waals surface area contributed by atoms with E-state index in [0.29, 0.717) is 11.8 Å². The summed E-state index contributed by atoms with van der Waals surface area (Å²) in [6.45, 7) is 8.95. The van der Waals surface area contributed by atoms with Crippen molar-refractivity contribution in [2.75, 3.05) is 0 Å². The lowest BCUT2D eigenvalue weighted by Crippen LogP contribution is -2.22. The Kier molecular flexibility index (Phi) is 7.30. The third-order valence-corrected chi connectivity index (χ3v) is 5.37. The average molecular weight is 327 g/mol. The molecule has 0 fully saturated rings. The molecule has 132 valence electrons. The largest absolute Gasteiger partial charge is 0.388 e. The lowest BCUT2D eigenvalue weighted by molar-refractivity contribution is 0.145. The first-order valence-electron chi connectivity index (χ1n) is 9.68. The van der Waals surface area contributed by atoms with Gasteiger partial charge in [-0.25, -0.2) is 0 Å². The summed E-state index contributed by atoms with van der Waals surface area (Å²) in [5, 5.41) is 10.9. The summed E-state index contributed by atoms with van der Waals surface area (Å²) in [6.07, 6.45) is 8.93. The quantitative estimate of drug-likeness (QED) is 0.573. The molecule has 1 aromatic carbocycles. The van der Waals surface area contributed by atoms with Crippen molar-refractivity contribution in [1.29, 1.82) is 0 Å². The van der Waals surface area contributed by atoms with Gasteiger partial charge in [-0.15, -0.1) is 0 Å². The van der Waals surface area contributed by atoms with E-state index in [0.717, 1.165) is 19.3 Å². The summed E-state index contributed by atoms with van der Waals surface area (Å²) >= 11 is 0. The van der Waals surface area contributed by atoms with Gasteiger partial charge in [-0.2, -0.15) is 0 Å². The average Bonchev–Trinajstić information content (AvgIpc) is 2.80. The smallest absolute Gasteiger partial charge is 0.0857 e. The Morgan fingerprint density at radius 2 is 1.79 bits per heavy atom. The van der Waals surface area contributed by atoms with Crippen LogP contribution in [0.3, 0.4) is 0 Å². The van der Waals surface area contributed by atoms with Crippen molar-refractivity contribution in [2.24, 2.45) is 11.8 Å². The molecule has 0 unspecified atom stereocenters. The van der Waals surface area contributed by atoms with E-state index in [-0.39, 0.29) is 6.10 Å². The number of aryl methyl sites for hydroxylation is 1. The van der Waals surface area contributed by atoms with Crippen LogP contribution in [0.4, 0.5) is 0 Å². The first-order chi connectivity index (χ1) is 11.6. The second-order valence-electron chi connectivity index (χ2n) is 7.52. The van der Waals surface area contributed by atoms with Gasteiger partial charge in [0, 0.05) is 5.92 Å². The van der Waals surface area contributed by atoms with Gasteiger partial charge in [-0.1, -0.05) is 75.6 Å². The summed E-state index contributed by atoms with van der Waals surface area (Å²) in [5.41, 5.74) is 5.47. The van der Waals surface area contributed by atoms with E-state index in [1.807, 2.05) is 0 Å². The maximum absolute atomic E-state index is 10.9. The van der Waals surface area contributed by atoms with Crippen LogP contribution >= 0.6 is 0 Å². The summed E-state index contributed by atoms with van der Waals surface area (Å²) in [5.74, 6) is 0.783. The first kappa shape index (κ1) is 19.0. The minimum Gasteiger partial charge on any atom is -0.388 e. The van der Waals surface area contributed by atoms with Gasteiger partial charge < -0.3 is 5.11 Å². The predicted octanol–water partition coefficient (Wildman–Crippen LogP) is 6.09. The summed E-state index contributed by atoms with van der Waals surface area (Å²) in [7, 11) is 0. The number of allylic oxidation sites excluding steroid dienone is 1. The molecular formula is C23H34O. The van der Waals surface area contributed by atoms with Crippen molar-refractivity contribution in [2.45, 2.75) is 72.3 Å². The third kappa shape index (κ3) is 4.60. The molecule has 1 aromatic rings. The monoisotopic (exact) mass is 326 g/mol. The molecule has 0 heterocycles. The molecule has 2 atom stereocenters. The second-order valence-corrected chi connectivity index (χ2v) is 7.52. The van der Waals surface area contributed by atoms with Crippen molar-refractivity contribution < 1.29 is 5.11 Å². The normalized spacial score (nSPS) is 22.8. The molecular weight excluding hydrogens is 292 g/mol. The summed E-state index contributed by atoms with van der Waals surface area (Å²) < 4.78 is 0. The van der Waals surface area contributed by atoms with Crippen LogP contribution in [-0.2, 0) is 6.42 Å². The summed E-state index contributed by atoms with van der Waals surface area (Å²) in [6, 6.07) is 10.6. The highest BCUT2D eigenvalue weighted by atomic mass is 16.3. The van der Waals surface area contributed by atoms with Crippen molar-refractivity contribution in [1.82, 2.24) is 0 Å². The van der Waals surface area contributed by atoms with E-state index < -0.39 is 0 Å². The summed E-state index contributed by atoms with van der Waals surface area (Å²) in [4.78, 5) is 0. The number of hydrogen-bond acceptors (Lipinski definition) is 1. The zero-order chi connectivity index (χ0) is 17.5. The Hall–Kier alpha value is -1.34. The van der Waals surface area contributed by atoms with Gasteiger partial charge in [-0.3, -0.25) is 0 Å². The van der Waals surface area contributed by atoms with E-state index >= 15 is 0 Å². The molecule has 0 spiro atoms. The number of benzene rings is 1. The SMILES string of the molecule is CCCCCC1=C(C)[C@@H](C(C)C)[C@H](O)/C1=C/CCc1ccccc1. The Labute approximate surface area is 148 Å². The van der Waals surface area contributed by atoms with E-state index in [2.05, 4.69) is 64.1 Å². The maximum atomic E-state index is 10.9. The molecule has 24 heavy (non-hydrogen) atoms. The van der Waals surface area contributed by atoms with Gasteiger partial charge in [0.2, 0.25) is 0 Å². The highest BCUT2D eigenvalue weighted by Gasteiger charge is 2.36. The van der Waals surface area contributed by atoms with E-state index in [1.54, 1.807) is 0 Å². The Balaban J connectivity index is 2.13. The van der Waals surface area contributed by atoms with E-state index in [4.69, 9.17) is 0 Å². The molecule has 1 N–H and O–H groups in total. The van der Waals surface area contributed by atoms with Crippen LogP contribution in [0.5, 0.6) is 0 Å². The molecule has 0 aromatic heterocycles. The van der Waals surface area contributed by atoms with Gasteiger partial charge in [0.15, 0.2) is 0 Å². The fraction of sp³-hybridized carbons (Fsp3) is 0.565. The topological polar surface area (TPSA) is 20.2 Å². The fourth-order valence-electron chi connectivity index (χ4n) is 4.08. The van der Waals surface area contributed by atoms with Crippen LogP contribution < -0.4 is 0 Å². The molecule has 0 aliphatic heterocycles. The van der Waals surface area contributed by atoms with Crippen LogP contribution in [0.2, 0.25) is 0 Å². The highest BCUT2D eigenvalue weighted by Crippen LogP contribution is 2.42. The molecule has 1 heteroatoms. The molecule has 0 saturated heterocycles. The Morgan fingerprint density at radius 1 is 1.08 bits per heavy atom. The van der Waals surface area contributed by atoms with E-state index in [9.17, 15) is 5.11 Å². The van der Waals surface area contributed by atoms with Crippen molar-refractivity contribution in [3.05, 3.63) is 58.7 Å². The molecule has 1 nitrogen and oxygen atoms in total. The third-order valence-electron chi connectivity index (χ3n) is 5.37. The second kappa shape index (κ2) is 9.22.